The quantitative estimate of drug-likeness (QED) is 0.249. The van der Waals surface area contributed by atoms with Crippen molar-refractivity contribution in [2.75, 3.05) is 0 Å². The largest absolute Gasteiger partial charge is 0.456 e. The summed E-state index contributed by atoms with van der Waals surface area (Å²) in [5, 5.41) is 7.76. The Labute approximate surface area is 174 Å². The van der Waals surface area contributed by atoms with E-state index >= 15 is 0 Å². The van der Waals surface area contributed by atoms with Crippen molar-refractivity contribution < 1.29 is 8.83 Å². The van der Waals surface area contributed by atoms with E-state index in [0.717, 1.165) is 65.8 Å². The van der Waals surface area contributed by atoms with Crippen LogP contribution < -0.4 is 0 Å². The maximum absolute atomic E-state index is 6.66. The van der Waals surface area contributed by atoms with Crippen molar-refractivity contribution >= 4 is 71.2 Å². The summed E-state index contributed by atoms with van der Waals surface area (Å²) in [6.45, 7) is 0. The summed E-state index contributed by atoms with van der Waals surface area (Å²) in [4.78, 5) is 4.65. The number of hydrogen-bond acceptors (Lipinski definition) is 3. The third kappa shape index (κ3) is 1.79. The molecule has 0 amide bonds. The van der Waals surface area contributed by atoms with Gasteiger partial charge in [-0.2, -0.15) is 0 Å². The topological polar surface area (TPSA) is 43.6 Å². The SMILES string of the molecule is c1ccc2c(c1)oc1ccc3c4ccc5c6ccccc6c6nccn6c5c4oc3c12. The van der Waals surface area contributed by atoms with Crippen molar-refractivity contribution in [3.05, 3.63) is 85.2 Å². The number of fused-ring (bicyclic) bond motifs is 14. The summed E-state index contributed by atoms with van der Waals surface area (Å²) >= 11 is 0. The van der Waals surface area contributed by atoms with Gasteiger partial charge >= 0.3 is 0 Å². The van der Waals surface area contributed by atoms with E-state index in [9.17, 15) is 0 Å². The average molecular weight is 398 g/mol. The normalized spacial score (nSPS) is 12.5. The molecule has 0 N–H and O–H groups in total. The second-order valence-electron chi connectivity index (χ2n) is 8.02. The lowest BCUT2D eigenvalue weighted by Gasteiger charge is -2.08. The van der Waals surface area contributed by atoms with E-state index in [1.165, 1.54) is 5.39 Å². The summed E-state index contributed by atoms with van der Waals surface area (Å²) in [6.07, 6.45) is 3.87. The Bertz CT molecular complexity index is 2000. The van der Waals surface area contributed by atoms with Crippen LogP contribution in [0.1, 0.15) is 0 Å². The number of pyridine rings is 1. The first kappa shape index (κ1) is 15.5. The summed E-state index contributed by atoms with van der Waals surface area (Å²) in [7, 11) is 0. The van der Waals surface area contributed by atoms with Gasteiger partial charge in [-0.1, -0.05) is 48.5 Å². The zero-order valence-corrected chi connectivity index (χ0v) is 16.3. The maximum Gasteiger partial charge on any atom is 0.160 e. The molecule has 4 heterocycles. The lowest BCUT2D eigenvalue weighted by molar-refractivity contribution is 0.663. The average Bonchev–Trinajstić information content (AvgIpc) is 3.53. The molecule has 4 heteroatoms. The van der Waals surface area contributed by atoms with Gasteiger partial charge < -0.3 is 8.83 Å². The molecular formula is C27H14N2O2. The molecule has 0 aliphatic heterocycles. The van der Waals surface area contributed by atoms with E-state index in [0.29, 0.717) is 0 Å². The fourth-order valence-electron chi connectivity index (χ4n) is 5.14. The third-order valence-corrected chi connectivity index (χ3v) is 6.46. The van der Waals surface area contributed by atoms with E-state index in [1.807, 2.05) is 36.7 Å². The van der Waals surface area contributed by atoms with Crippen molar-refractivity contribution in [2.45, 2.75) is 0 Å². The molecule has 0 aliphatic carbocycles. The van der Waals surface area contributed by atoms with Gasteiger partial charge in [0.1, 0.15) is 22.4 Å². The van der Waals surface area contributed by atoms with Gasteiger partial charge in [0, 0.05) is 39.3 Å². The second kappa shape index (κ2) is 5.24. The first-order valence-electron chi connectivity index (χ1n) is 10.3. The van der Waals surface area contributed by atoms with Crippen molar-refractivity contribution in [3.63, 3.8) is 0 Å². The molecule has 0 atom stereocenters. The molecule has 4 aromatic heterocycles. The number of para-hydroxylation sites is 1. The van der Waals surface area contributed by atoms with Gasteiger partial charge in [0.05, 0.1) is 10.9 Å². The zero-order valence-electron chi connectivity index (χ0n) is 16.3. The van der Waals surface area contributed by atoms with Crippen LogP contribution in [0.5, 0.6) is 0 Å². The van der Waals surface area contributed by atoms with Crippen molar-refractivity contribution in [1.29, 1.82) is 0 Å². The van der Waals surface area contributed by atoms with Crippen molar-refractivity contribution in [3.8, 4) is 0 Å². The van der Waals surface area contributed by atoms with Crippen LogP contribution in [0.2, 0.25) is 0 Å². The van der Waals surface area contributed by atoms with Crippen LogP contribution in [-0.2, 0) is 0 Å². The van der Waals surface area contributed by atoms with E-state index in [4.69, 9.17) is 8.83 Å². The molecule has 4 aromatic carbocycles. The number of furan rings is 2. The Hall–Kier alpha value is -4.31. The molecule has 4 nitrogen and oxygen atoms in total. The number of aromatic nitrogens is 2. The Morgan fingerprint density at radius 2 is 1.32 bits per heavy atom. The van der Waals surface area contributed by atoms with Crippen LogP contribution in [0.25, 0.3) is 71.2 Å². The van der Waals surface area contributed by atoms with Crippen molar-refractivity contribution in [1.82, 2.24) is 9.38 Å². The van der Waals surface area contributed by atoms with Crippen LogP contribution in [0, 0.1) is 0 Å². The summed E-state index contributed by atoms with van der Waals surface area (Å²) in [5.74, 6) is 0. The zero-order chi connectivity index (χ0) is 20.1. The highest BCUT2D eigenvalue weighted by atomic mass is 16.3. The smallest absolute Gasteiger partial charge is 0.160 e. The Balaban J connectivity index is 1.68. The summed E-state index contributed by atoms with van der Waals surface area (Å²) in [6, 6.07) is 25.1. The fourth-order valence-corrected chi connectivity index (χ4v) is 5.14. The molecule has 8 aromatic rings. The molecule has 0 saturated heterocycles. The van der Waals surface area contributed by atoms with E-state index in [-0.39, 0.29) is 0 Å². The highest BCUT2D eigenvalue weighted by Crippen LogP contribution is 2.42. The van der Waals surface area contributed by atoms with Crippen LogP contribution in [0.15, 0.2) is 94.0 Å². The molecule has 0 radical (unpaired) electrons. The number of rotatable bonds is 0. The van der Waals surface area contributed by atoms with E-state index in [2.05, 4.69) is 57.9 Å². The molecule has 0 fully saturated rings. The Kier molecular flexibility index (Phi) is 2.62. The minimum absolute atomic E-state index is 0.843. The highest BCUT2D eigenvalue weighted by molar-refractivity contribution is 6.26. The maximum atomic E-state index is 6.66. The lowest BCUT2D eigenvalue weighted by atomic mass is 10.0. The first-order valence-corrected chi connectivity index (χ1v) is 10.3. The first-order chi connectivity index (χ1) is 15.4. The fraction of sp³-hybridized carbons (Fsp3) is 0. The lowest BCUT2D eigenvalue weighted by Crippen LogP contribution is -1.90. The molecular weight excluding hydrogens is 384 g/mol. The molecule has 0 aliphatic rings. The molecule has 31 heavy (non-hydrogen) atoms. The number of imidazole rings is 1. The van der Waals surface area contributed by atoms with Crippen LogP contribution >= 0.6 is 0 Å². The summed E-state index contributed by atoms with van der Waals surface area (Å²) in [5.41, 5.74) is 5.44. The minimum Gasteiger partial charge on any atom is -0.456 e. The van der Waals surface area contributed by atoms with Gasteiger partial charge in [-0.3, -0.25) is 4.40 Å². The van der Waals surface area contributed by atoms with Crippen LogP contribution in [0.4, 0.5) is 0 Å². The van der Waals surface area contributed by atoms with E-state index in [1.54, 1.807) is 0 Å². The third-order valence-electron chi connectivity index (χ3n) is 6.46. The van der Waals surface area contributed by atoms with Gasteiger partial charge in [0.2, 0.25) is 0 Å². The highest BCUT2D eigenvalue weighted by Gasteiger charge is 2.19. The number of benzene rings is 4. The van der Waals surface area contributed by atoms with E-state index < -0.39 is 0 Å². The molecule has 0 saturated carbocycles. The van der Waals surface area contributed by atoms with Crippen LogP contribution in [-0.4, -0.2) is 9.38 Å². The Morgan fingerprint density at radius 1 is 0.581 bits per heavy atom. The monoisotopic (exact) mass is 398 g/mol. The summed E-state index contributed by atoms with van der Waals surface area (Å²) < 4.78 is 14.9. The predicted molar refractivity (Wildman–Crippen MR) is 125 cm³/mol. The molecule has 0 bridgehead atoms. The van der Waals surface area contributed by atoms with Crippen LogP contribution in [0.3, 0.4) is 0 Å². The second-order valence-corrected chi connectivity index (χ2v) is 8.02. The molecule has 8 rings (SSSR count). The molecule has 144 valence electrons. The number of hydrogen-bond donors (Lipinski definition) is 0. The van der Waals surface area contributed by atoms with Gasteiger partial charge in [-0.15, -0.1) is 0 Å². The van der Waals surface area contributed by atoms with Gasteiger partial charge in [-0.25, -0.2) is 4.98 Å². The van der Waals surface area contributed by atoms with Gasteiger partial charge in [0.25, 0.3) is 0 Å². The minimum atomic E-state index is 0.843. The Morgan fingerprint density at radius 3 is 2.26 bits per heavy atom. The standard InChI is InChI=1S/C27H14N2O2/c1-2-6-19-15(5-1)16-9-10-18-17-11-12-22-23(20-7-3-4-8-21(20)30-22)25(17)31-26(18)24(16)29-14-13-28-27(19)29/h1-14H. The number of nitrogens with zero attached hydrogens (tertiary/aromatic N) is 2. The van der Waals surface area contributed by atoms with Gasteiger partial charge in [-0.05, 0) is 29.7 Å². The van der Waals surface area contributed by atoms with Gasteiger partial charge in [0.15, 0.2) is 5.58 Å². The molecule has 0 unspecified atom stereocenters. The van der Waals surface area contributed by atoms with Crippen molar-refractivity contribution in [2.24, 2.45) is 0 Å². The molecule has 0 spiro atoms. The predicted octanol–water partition coefficient (Wildman–Crippen LogP) is 7.44.